The molecule has 0 bridgehead atoms. The first-order valence-electron chi connectivity index (χ1n) is 3.55. The van der Waals surface area contributed by atoms with E-state index in [0.717, 1.165) is 24.2 Å². The molecule has 54 valence electrons. The molecule has 0 aromatic carbocycles. The van der Waals surface area contributed by atoms with Crippen LogP contribution in [-0.2, 0) is 12.8 Å². The van der Waals surface area contributed by atoms with Gasteiger partial charge in [-0.15, -0.1) is 10.2 Å². The van der Waals surface area contributed by atoms with Gasteiger partial charge in [-0.25, -0.2) is 0 Å². The quantitative estimate of drug-likeness (QED) is 0.610. The van der Waals surface area contributed by atoms with Crippen LogP contribution in [0, 0.1) is 0 Å². The second kappa shape index (κ2) is 3.25. The minimum absolute atomic E-state index is 0.933. The summed E-state index contributed by atoms with van der Waals surface area (Å²) >= 11 is 0. The SMILES string of the molecule is CCc1cc(CC)nnn1. The highest BCUT2D eigenvalue weighted by molar-refractivity contribution is 5.05. The molecule has 1 aromatic heterocycles. The number of hydrogen-bond acceptors (Lipinski definition) is 3. The van der Waals surface area contributed by atoms with Gasteiger partial charge in [0.1, 0.15) is 0 Å². The summed E-state index contributed by atoms with van der Waals surface area (Å²) in [5.41, 5.74) is 2.04. The fraction of sp³-hybridized carbons (Fsp3) is 0.571. The average Bonchev–Trinajstić information content (AvgIpc) is 2.05. The van der Waals surface area contributed by atoms with Crippen molar-refractivity contribution >= 4 is 0 Å². The van der Waals surface area contributed by atoms with Gasteiger partial charge in [-0.05, 0) is 24.1 Å². The Balaban J connectivity index is 2.87. The van der Waals surface area contributed by atoms with Crippen molar-refractivity contribution in [2.24, 2.45) is 0 Å². The van der Waals surface area contributed by atoms with Crippen LogP contribution >= 0.6 is 0 Å². The predicted octanol–water partition coefficient (Wildman–Crippen LogP) is 0.996. The first kappa shape index (κ1) is 7.12. The predicted molar refractivity (Wildman–Crippen MR) is 38.6 cm³/mol. The zero-order chi connectivity index (χ0) is 7.40. The van der Waals surface area contributed by atoms with Crippen LogP contribution in [0.15, 0.2) is 6.07 Å². The van der Waals surface area contributed by atoms with Gasteiger partial charge in [-0.3, -0.25) is 0 Å². The summed E-state index contributed by atoms with van der Waals surface area (Å²) in [7, 11) is 0. The molecule has 0 saturated carbocycles. The highest BCUT2D eigenvalue weighted by Gasteiger charge is 1.93. The fourth-order valence-electron chi connectivity index (χ4n) is 0.733. The second-order valence-corrected chi connectivity index (χ2v) is 2.12. The molecule has 0 spiro atoms. The highest BCUT2D eigenvalue weighted by atomic mass is 15.3. The van der Waals surface area contributed by atoms with Gasteiger partial charge in [0.2, 0.25) is 0 Å². The van der Waals surface area contributed by atoms with E-state index < -0.39 is 0 Å². The van der Waals surface area contributed by atoms with Crippen molar-refractivity contribution in [2.75, 3.05) is 0 Å². The van der Waals surface area contributed by atoms with E-state index in [2.05, 4.69) is 29.3 Å². The number of nitrogens with zero attached hydrogens (tertiary/aromatic N) is 3. The fourth-order valence-corrected chi connectivity index (χ4v) is 0.733. The molecule has 0 N–H and O–H groups in total. The van der Waals surface area contributed by atoms with E-state index in [-0.39, 0.29) is 0 Å². The topological polar surface area (TPSA) is 38.7 Å². The van der Waals surface area contributed by atoms with Gasteiger partial charge in [-0.2, -0.15) is 0 Å². The van der Waals surface area contributed by atoms with Gasteiger partial charge in [-0.1, -0.05) is 13.8 Å². The summed E-state index contributed by atoms with van der Waals surface area (Å²) < 4.78 is 0. The van der Waals surface area contributed by atoms with Crippen LogP contribution in [0.25, 0.3) is 0 Å². The van der Waals surface area contributed by atoms with E-state index in [9.17, 15) is 0 Å². The summed E-state index contributed by atoms with van der Waals surface area (Å²) in [5, 5.41) is 11.3. The normalized spacial score (nSPS) is 9.80. The van der Waals surface area contributed by atoms with Gasteiger partial charge in [0.25, 0.3) is 0 Å². The summed E-state index contributed by atoms with van der Waals surface area (Å²) in [6.45, 7) is 4.12. The number of aryl methyl sites for hydroxylation is 2. The van der Waals surface area contributed by atoms with Crippen LogP contribution in [0.3, 0.4) is 0 Å². The molecule has 0 aliphatic carbocycles. The molecule has 0 fully saturated rings. The lowest BCUT2D eigenvalue weighted by molar-refractivity contribution is 0.773. The molecule has 0 atom stereocenters. The lowest BCUT2D eigenvalue weighted by Crippen LogP contribution is -1.97. The summed E-state index contributed by atoms with van der Waals surface area (Å²) in [5.74, 6) is 0. The van der Waals surface area contributed by atoms with E-state index in [4.69, 9.17) is 0 Å². The van der Waals surface area contributed by atoms with Crippen molar-refractivity contribution < 1.29 is 0 Å². The standard InChI is InChI=1S/C7H11N3/c1-3-6-5-7(4-2)9-10-8-6/h5H,3-4H2,1-2H3. The van der Waals surface area contributed by atoms with E-state index in [0.29, 0.717) is 0 Å². The summed E-state index contributed by atoms with van der Waals surface area (Å²) in [6, 6.07) is 1.99. The molecule has 0 amide bonds. The van der Waals surface area contributed by atoms with Crippen molar-refractivity contribution in [1.82, 2.24) is 15.4 Å². The monoisotopic (exact) mass is 137 g/mol. The smallest absolute Gasteiger partial charge is 0.0664 e. The van der Waals surface area contributed by atoms with Crippen molar-refractivity contribution in [3.8, 4) is 0 Å². The largest absolute Gasteiger partial charge is 0.135 e. The van der Waals surface area contributed by atoms with Crippen LogP contribution in [-0.4, -0.2) is 15.4 Å². The molecule has 3 nitrogen and oxygen atoms in total. The second-order valence-electron chi connectivity index (χ2n) is 2.12. The van der Waals surface area contributed by atoms with E-state index in [1.165, 1.54) is 0 Å². The molecule has 0 aliphatic heterocycles. The Morgan fingerprint density at radius 3 is 2.00 bits per heavy atom. The zero-order valence-electron chi connectivity index (χ0n) is 6.33. The molecule has 0 aliphatic rings. The van der Waals surface area contributed by atoms with Crippen molar-refractivity contribution in [3.63, 3.8) is 0 Å². The summed E-state index contributed by atoms with van der Waals surface area (Å²) in [4.78, 5) is 0. The van der Waals surface area contributed by atoms with Crippen LogP contribution in [0.4, 0.5) is 0 Å². The third-order valence-electron chi connectivity index (χ3n) is 1.40. The minimum atomic E-state index is 0.933. The Kier molecular flexibility index (Phi) is 2.31. The Hall–Kier alpha value is -0.990. The van der Waals surface area contributed by atoms with Gasteiger partial charge in [0.15, 0.2) is 0 Å². The van der Waals surface area contributed by atoms with Crippen LogP contribution in [0.1, 0.15) is 25.2 Å². The first-order valence-corrected chi connectivity index (χ1v) is 3.55. The Labute approximate surface area is 60.5 Å². The van der Waals surface area contributed by atoms with Crippen LogP contribution in [0.5, 0.6) is 0 Å². The maximum atomic E-state index is 3.84. The molecule has 1 aromatic rings. The van der Waals surface area contributed by atoms with Crippen molar-refractivity contribution in [3.05, 3.63) is 17.5 Å². The Morgan fingerprint density at radius 1 is 1.10 bits per heavy atom. The first-order chi connectivity index (χ1) is 4.86. The van der Waals surface area contributed by atoms with Gasteiger partial charge in [0.05, 0.1) is 11.4 Å². The molecule has 0 saturated heterocycles. The maximum Gasteiger partial charge on any atom is 0.0664 e. The lowest BCUT2D eigenvalue weighted by atomic mass is 10.2. The third kappa shape index (κ3) is 1.50. The third-order valence-corrected chi connectivity index (χ3v) is 1.40. The Bertz CT molecular complexity index is 191. The van der Waals surface area contributed by atoms with Gasteiger partial charge < -0.3 is 0 Å². The lowest BCUT2D eigenvalue weighted by Gasteiger charge is -1.94. The highest BCUT2D eigenvalue weighted by Crippen LogP contribution is 1.96. The molecule has 3 heteroatoms. The van der Waals surface area contributed by atoms with Crippen LogP contribution < -0.4 is 0 Å². The zero-order valence-corrected chi connectivity index (χ0v) is 6.33. The molecule has 1 rings (SSSR count). The minimum Gasteiger partial charge on any atom is -0.135 e. The number of aromatic nitrogens is 3. The van der Waals surface area contributed by atoms with Gasteiger partial charge in [0, 0.05) is 0 Å². The molecular weight excluding hydrogens is 126 g/mol. The molecule has 0 unspecified atom stereocenters. The molecule has 10 heavy (non-hydrogen) atoms. The van der Waals surface area contributed by atoms with E-state index in [1.807, 2.05) is 6.07 Å². The van der Waals surface area contributed by atoms with Gasteiger partial charge >= 0.3 is 0 Å². The van der Waals surface area contributed by atoms with E-state index >= 15 is 0 Å². The van der Waals surface area contributed by atoms with Crippen molar-refractivity contribution in [1.29, 1.82) is 0 Å². The number of rotatable bonds is 2. The Morgan fingerprint density at radius 2 is 1.60 bits per heavy atom. The molecule has 0 radical (unpaired) electrons. The van der Waals surface area contributed by atoms with E-state index in [1.54, 1.807) is 0 Å². The number of hydrogen-bond donors (Lipinski definition) is 0. The van der Waals surface area contributed by atoms with Crippen LogP contribution in [0.2, 0.25) is 0 Å². The summed E-state index contributed by atoms with van der Waals surface area (Å²) in [6.07, 6.45) is 1.87. The van der Waals surface area contributed by atoms with Crippen molar-refractivity contribution in [2.45, 2.75) is 26.7 Å². The molecular formula is C7H11N3. The average molecular weight is 137 g/mol. The molecule has 1 heterocycles. The maximum absolute atomic E-state index is 3.84.